The van der Waals surface area contributed by atoms with E-state index in [9.17, 15) is 39.6 Å². The van der Waals surface area contributed by atoms with Gasteiger partial charge in [-0.2, -0.15) is 0 Å². The van der Waals surface area contributed by atoms with Gasteiger partial charge in [-0.05, 0) is 32.8 Å². The molecule has 4 bridgehead atoms. The fourth-order valence-corrected chi connectivity index (χ4v) is 9.99. The number of fused-ring (bicyclic) bond motifs is 1. The average Bonchev–Trinajstić information content (AvgIpc) is 3.86. The van der Waals surface area contributed by atoms with Crippen molar-refractivity contribution in [3.05, 3.63) is 70.6 Å². The van der Waals surface area contributed by atoms with Gasteiger partial charge in [0.15, 0.2) is 11.4 Å². The van der Waals surface area contributed by atoms with Gasteiger partial charge in [0, 0.05) is 92.4 Å². The minimum atomic E-state index is -2.24. The Kier molecular flexibility index (Phi) is 17.4. The third-order valence-electron chi connectivity index (χ3n) is 14.2. The first-order valence-electron chi connectivity index (χ1n) is 24.7. The van der Waals surface area contributed by atoms with E-state index in [1.807, 2.05) is 0 Å². The lowest BCUT2D eigenvalue weighted by atomic mass is 9.78. The van der Waals surface area contributed by atoms with Crippen LogP contribution >= 0.6 is 0 Å². The highest BCUT2D eigenvalue weighted by Crippen LogP contribution is 2.50. The minimum Gasteiger partial charge on any atom is -0.507 e. The molecule has 2 amide bonds. The van der Waals surface area contributed by atoms with Gasteiger partial charge in [-0.25, -0.2) is 0 Å². The van der Waals surface area contributed by atoms with Crippen LogP contribution in [-0.2, 0) is 38.1 Å². The minimum absolute atomic E-state index is 0.0461. The highest BCUT2D eigenvalue weighted by molar-refractivity contribution is 6.20. The molecule has 1 saturated heterocycles. The van der Waals surface area contributed by atoms with Gasteiger partial charge < -0.3 is 59.6 Å². The number of allylic oxidation sites excluding steroid dienone is 2. The number of anilines is 1. The maximum atomic E-state index is 15.0. The second kappa shape index (κ2) is 22.7. The van der Waals surface area contributed by atoms with Gasteiger partial charge in [0.1, 0.15) is 35.1 Å². The molecule has 2 aromatic carbocycles. The van der Waals surface area contributed by atoms with E-state index >= 15 is 4.79 Å². The monoisotopic (exact) mass is 1000 g/mol. The summed E-state index contributed by atoms with van der Waals surface area (Å²) in [5.41, 5.74) is -0.919. The number of aliphatic hydroxyl groups excluding tert-OH is 2. The summed E-state index contributed by atoms with van der Waals surface area (Å²) in [5, 5.41) is 53.1. The second-order valence-corrected chi connectivity index (χ2v) is 19.8. The van der Waals surface area contributed by atoms with Crippen LogP contribution in [0.3, 0.4) is 0 Å². The Morgan fingerprint density at radius 2 is 1.65 bits per heavy atom. The van der Waals surface area contributed by atoms with Crippen molar-refractivity contribution in [1.29, 1.82) is 0 Å². The summed E-state index contributed by atoms with van der Waals surface area (Å²) in [6, 6.07) is 0. The second-order valence-electron chi connectivity index (χ2n) is 19.8. The molecule has 0 unspecified atom stereocenters. The van der Waals surface area contributed by atoms with Crippen molar-refractivity contribution in [1.82, 2.24) is 10.2 Å². The number of phenols is 2. The summed E-state index contributed by atoms with van der Waals surface area (Å²) in [6.45, 7) is 21.9. The number of ether oxygens (including phenoxy) is 5. The Balaban J connectivity index is 1.46. The number of methoxy groups -OCH3 is 1. The van der Waals surface area contributed by atoms with E-state index < -0.39 is 107 Å². The molecule has 0 saturated carbocycles. The Bertz CT molecular complexity index is 2670. The molecule has 0 radical (unpaired) electrons. The maximum Gasteiger partial charge on any atom is 0.336 e. The number of amides is 2. The molecule has 19 heteroatoms. The number of aliphatic hydroxyl groups is 2. The number of hydrogen-bond acceptors (Lipinski definition) is 17. The lowest BCUT2D eigenvalue weighted by molar-refractivity contribution is -0.164. The van der Waals surface area contributed by atoms with Crippen molar-refractivity contribution in [2.24, 2.45) is 39.6 Å². The molecule has 4 aliphatic rings. The zero-order chi connectivity index (χ0) is 53.0. The third-order valence-corrected chi connectivity index (χ3v) is 14.2. The van der Waals surface area contributed by atoms with E-state index in [0.717, 1.165) is 18.9 Å². The van der Waals surface area contributed by atoms with Crippen LogP contribution in [0.15, 0.2) is 58.8 Å². The van der Waals surface area contributed by atoms with Crippen LogP contribution in [0, 0.1) is 36.5 Å². The number of nitrogens with zero attached hydrogens (tertiary/aromatic N) is 3. The number of phenolic OH excluding ortho intramolecular Hbond substituents is 2. The van der Waals surface area contributed by atoms with Crippen molar-refractivity contribution in [2.45, 2.75) is 124 Å². The summed E-state index contributed by atoms with van der Waals surface area (Å²) in [5.74, 6) is -9.48. The summed E-state index contributed by atoms with van der Waals surface area (Å²) >= 11 is 0. The van der Waals surface area contributed by atoms with Crippen molar-refractivity contribution in [2.75, 3.05) is 45.2 Å². The number of ketones is 1. The summed E-state index contributed by atoms with van der Waals surface area (Å²) in [4.78, 5) is 79.8. The maximum absolute atomic E-state index is 15.0. The number of aromatic hydroxyl groups is 2. The molecule has 0 aromatic heterocycles. The molecule has 4 aliphatic heterocycles. The standard InChI is InChI=1S/C53H71N5O14/c1-12-53-50(66)40-38-39(46(64)33(10)49(40)72-53)47(65)43(42-41(38)56-52(57-42)19-22-58(23-20-52)26-27(3)4)55-51(67)29(6)16-14-15-28(5)44(62)31(8)45(63)32(9)48(30(7)34(68-11)18-24-70-53)71-37(61)25-35(59)54-21-17-36(60)69-13-2/h12,14-16,18,24,27-28,30-32,34,44-45,48,62-65H,1,13,17,19-23,25-26H2,2-11H3,(H,54,59)(H,55,67)/b15-14+,24-18+,29-16-/t28-,30+,31+,32+,34-,44-,45+,48+,53-/m0/s1. The molecule has 19 nitrogen and oxygen atoms in total. The molecule has 6 N–H and O–H groups in total. The number of hydrogen-bond donors (Lipinski definition) is 6. The number of carbonyl (C=O) groups excluding carboxylic acids is 5. The highest BCUT2D eigenvalue weighted by atomic mass is 16.7. The number of nitrogens with one attached hydrogen (secondary N) is 2. The number of carbonyl (C=O) groups is 5. The van der Waals surface area contributed by atoms with E-state index in [1.54, 1.807) is 53.7 Å². The lowest BCUT2D eigenvalue weighted by Crippen LogP contribution is -2.47. The molecule has 392 valence electrons. The van der Waals surface area contributed by atoms with Gasteiger partial charge in [0.25, 0.3) is 11.7 Å². The Morgan fingerprint density at radius 3 is 2.29 bits per heavy atom. The van der Waals surface area contributed by atoms with E-state index in [0.29, 0.717) is 31.8 Å². The van der Waals surface area contributed by atoms with Gasteiger partial charge in [-0.3, -0.25) is 34.0 Å². The lowest BCUT2D eigenvalue weighted by Gasteiger charge is -2.38. The normalized spacial score (nSPS) is 29.2. The van der Waals surface area contributed by atoms with E-state index in [4.69, 9.17) is 33.7 Å². The number of Topliss-reactive ketones (excluding diaryl/α,β-unsaturated/α-hetero) is 1. The average molecular weight is 1000 g/mol. The Hall–Kier alpha value is -6.15. The fraction of sp³-hybridized carbons (Fsp3) is 0.566. The molecule has 1 fully saturated rings. The van der Waals surface area contributed by atoms with E-state index in [1.165, 1.54) is 26.2 Å². The predicted molar refractivity (Wildman–Crippen MR) is 265 cm³/mol. The SMILES string of the molecule is C=C[C@@]12O/C=C/[C@H](OC)[C@@H](C)[C@@H](OC(=O)CC(=O)NCCC(=O)OCC)[C@H](C)[C@H](O)[C@H](C)[C@@H](O)[C@@H](C)/C=C/C=C(/C)C(=O)Nc3c(O)c4c(O)c(C)c(c(c4c4c3=NC3(CCN(CC(C)C)CC3)N=4)C1=O)O2. The third kappa shape index (κ3) is 11.2. The number of rotatable bonds is 11. The van der Waals surface area contributed by atoms with E-state index in [2.05, 4.69) is 36.0 Å². The number of esters is 2. The van der Waals surface area contributed by atoms with Crippen molar-refractivity contribution >= 4 is 46.0 Å². The molecular weight excluding hydrogens is 931 g/mol. The van der Waals surface area contributed by atoms with Crippen LogP contribution < -0.4 is 26.1 Å². The van der Waals surface area contributed by atoms with Crippen molar-refractivity contribution < 1.29 is 68.1 Å². The quantitative estimate of drug-likeness (QED) is 0.0791. The fourth-order valence-electron chi connectivity index (χ4n) is 9.99. The molecular formula is C53H71N5O14. The predicted octanol–water partition coefficient (Wildman–Crippen LogP) is 4.36. The highest BCUT2D eigenvalue weighted by Gasteiger charge is 2.52. The molecule has 9 atom stereocenters. The van der Waals surface area contributed by atoms with Gasteiger partial charge in [0.05, 0.1) is 53.9 Å². The molecule has 2 aromatic rings. The number of piperidine rings is 1. The van der Waals surface area contributed by atoms with Crippen LogP contribution in [0.5, 0.6) is 17.2 Å². The van der Waals surface area contributed by atoms with E-state index in [-0.39, 0.29) is 69.2 Å². The molecule has 4 heterocycles. The first-order valence-corrected chi connectivity index (χ1v) is 24.7. The van der Waals surface area contributed by atoms with Crippen molar-refractivity contribution in [3.63, 3.8) is 0 Å². The Morgan fingerprint density at radius 1 is 0.972 bits per heavy atom. The molecule has 1 spiro atoms. The topological polar surface area (TPSA) is 264 Å². The first kappa shape index (κ1) is 55.2. The van der Waals surface area contributed by atoms with Crippen LogP contribution in [0.25, 0.3) is 10.8 Å². The zero-order valence-electron chi connectivity index (χ0n) is 42.9. The number of likely N-dealkylation sites (tertiary alicyclic amines) is 1. The molecule has 72 heavy (non-hydrogen) atoms. The van der Waals surface area contributed by atoms with Crippen LogP contribution in [-0.4, -0.2) is 131 Å². The zero-order valence-corrected chi connectivity index (χ0v) is 42.9. The van der Waals surface area contributed by atoms with Gasteiger partial charge >= 0.3 is 17.7 Å². The first-order chi connectivity index (χ1) is 34.0. The van der Waals surface area contributed by atoms with Crippen LogP contribution in [0.1, 0.15) is 97.0 Å². The van der Waals surface area contributed by atoms with Gasteiger partial charge in [-0.1, -0.05) is 66.3 Å². The smallest absolute Gasteiger partial charge is 0.336 e. The summed E-state index contributed by atoms with van der Waals surface area (Å²) < 4.78 is 29.3. The number of benzene rings is 2. The molecule has 0 aliphatic carbocycles. The molecule has 6 rings (SSSR count). The largest absolute Gasteiger partial charge is 0.507 e. The summed E-state index contributed by atoms with van der Waals surface area (Å²) in [6.07, 6.45) is 4.13. The summed E-state index contributed by atoms with van der Waals surface area (Å²) in [7, 11) is 1.39. The van der Waals surface area contributed by atoms with Crippen LogP contribution in [0.4, 0.5) is 5.69 Å². The van der Waals surface area contributed by atoms with Crippen molar-refractivity contribution in [3.8, 4) is 17.2 Å². The van der Waals surface area contributed by atoms with Gasteiger partial charge in [0.2, 0.25) is 5.91 Å². The Labute approximate surface area is 419 Å². The van der Waals surface area contributed by atoms with Crippen LogP contribution in [0.2, 0.25) is 0 Å². The van der Waals surface area contributed by atoms with Gasteiger partial charge in [-0.15, -0.1) is 0 Å².